The molecule has 2 aliphatic rings. The SMILES string of the molecule is CC1(C)CC1C(=O)Nc1ccc(C(O)c2ccc(NC(=O)C3CC3(C)C)nc2)cc1. The van der Waals surface area contributed by atoms with E-state index in [1.807, 2.05) is 0 Å². The van der Waals surface area contributed by atoms with Crippen molar-refractivity contribution in [2.45, 2.75) is 46.6 Å². The van der Waals surface area contributed by atoms with E-state index in [2.05, 4.69) is 43.3 Å². The molecule has 3 N–H and O–H groups in total. The minimum absolute atomic E-state index is 0.00646. The molecule has 2 aromatic rings. The first-order valence-electron chi connectivity index (χ1n) is 10.4. The number of aliphatic hydroxyl groups is 1. The van der Waals surface area contributed by atoms with Crippen LogP contribution in [0.15, 0.2) is 42.6 Å². The minimum Gasteiger partial charge on any atom is -0.384 e. The summed E-state index contributed by atoms with van der Waals surface area (Å²) < 4.78 is 0. The maximum Gasteiger partial charge on any atom is 0.229 e. The monoisotopic (exact) mass is 407 g/mol. The summed E-state index contributed by atoms with van der Waals surface area (Å²) in [6.45, 7) is 8.34. The van der Waals surface area contributed by atoms with Gasteiger partial charge in [0.2, 0.25) is 11.8 Å². The number of amides is 2. The number of carbonyl (C=O) groups excluding carboxylic acids is 2. The molecule has 0 bridgehead atoms. The molecule has 0 radical (unpaired) electrons. The van der Waals surface area contributed by atoms with Gasteiger partial charge in [0.1, 0.15) is 11.9 Å². The van der Waals surface area contributed by atoms with Crippen molar-refractivity contribution in [1.29, 1.82) is 0 Å². The zero-order valence-corrected chi connectivity index (χ0v) is 17.9. The maximum atomic E-state index is 12.2. The first-order chi connectivity index (χ1) is 14.1. The zero-order valence-electron chi connectivity index (χ0n) is 17.9. The molecule has 0 saturated heterocycles. The molecule has 2 saturated carbocycles. The van der Waals surface area contributed by atoms with Crippen molar-refractivity contribution < 1.29 is 14.7 Å². The first kappa shape index (κ1) is 20.5. The average molecular weight is 408 g/mol. The molecule has 2 fully saturated rings. The lowest BCUT2D eigenvalue weighted by molar-refractivity contribution is -0.118. The molecule has 4 rings (SSSR count). The van der Waals surface area contributed by atoms with Crippen molar-refractivity contribution in [3.63, 3.8) is 0 Å². The van der Waals surface area contributed by atoms with Crippen LogP contribution in [-0.2, 0) is 9.59 Å². The van der Waals surface area contributed by atoms with Crippen molar-refractivity contribution in [2.24, 2.45) is 22.7 Å². The van der Waals surface area contributed by atoms with E-state index in [9.17, 15) is 14.7 Å². The molecule has 1 heterocycles. The number of nitrogens with zero attached hydrogens (tertiary/aromatic N) is 1. The Kier molecular flexibility index (Phi) is 4.93. The number of hydrogen-bond acceptors (Lipinski definition) is 4. The second-order valence-electron chi connectivity index (χ2n) is 9.97. The van der Waals surface area contributed by atoms with E-state index in [1.165, 1.54) is 0 Å². The van der Waals surface area contributed by atoms with E-state index in [0.717, 1.165) is 18.5 Å². The third-order valence-electron chi connectivity index (χ3n) is 6.51. The molecule has 0 aliphatic heterocycles. The van der Waals surface area contributed by atoms with Crippen LogP contribution in [0.3, 0.4) is 0 Å². The van der Waals surface area contributed by atoms with Gasteiger partial charge in [-0.15, -0.1) is 0 Å². The van der Waals surface area contributed by atoms with Gasteiger partial charge in [-0.05, 0) is 47.4 Å². The highest BCUT2D eigenvalue weighted by Gasteiger charge is 2.51. The highest BCUT2D eigenvalue weighted by molar-refractivity contribution is 5.95. The fraction of sp³-hybridized carbons (Fsp3) is 0.458. The molecule has 158 valence electrons. The fourth-order valence-corrected chi connectivity index (χ4v) is 3.85. The van der Waals surface area contributed by atoms with Crippen LogP contribution >= 0.6 is 0 Å². The molecule has 3 atom stereocenters. The summed E-state index contributed by atoms with van der Waals surface area (Å²) in [5, 5.41) is 16.4. The summed E-state index contributed by atoms with van der Waals surface area (Å²) >= 11 is 0. The lowest BCUT2D eigenvalue weighted by atomic mass is 10.0. The predicted octanol–water partition coefficient (Wildman–Crippen LogP) is 4.13. The van der Waals surface area contributed by atoms with E-state index in [1.54, 1.807) is 42.6 Å². The number of anilines is 2. The van der Waals surface area contributed by atoms with Crippen molar-refractivity contribution in [2.75, 3.05) is 10.6 Å². The van der Waals surface area contributed by atoms with Crippen LogP contribution < -0.4 is 10.6 Å². The van der Waals surface area contributed by atoms with Gasteiger partial charge in [0, 0.05) is 29.3 Å². The fourth-order valence-electron chi connectivity index (χ4n) is 3.85. The smallest absolute Gasteiger partial charge is 0.229 e. The molecule has 6 heteroatoms. The summed E-state index contributed by atoms with van der Waals surface area (Å²) in [5.74, 6) is 0.630. The molecular weight excluding hydrogens is 378 g/mol. The number of aliphatic hydroxyl groups excluding tert-OH is 1. The highest BCUT2D eigenvalue weighted by Crippen LogP contribution is 2.52. The van der Waals surface area contributed by atoms with Crippen molar-refractivity contribution >= 4 is 23.3 Å². The van der Waals surface area contributed by atoms with Crippen LogP contribution in [0, 0.1) is 22.7 Å². The number of nitrogens with one attached hydrogen (secondary N) is 2. The van der Waals surface area contributed by atoms with Gasteiger partial charge in [0.25, 0.3) is 0 Å². The Hall–Kier alpha value is -2.73. The van der Waals surface area contributed by atoms with Crippen molar-refractivity contribution in [3.8, 4) is 0 Å². The van der Waals surface area contributed by atoms with Crippen LogP contribution in [0.4, 0.5) is 11.5 Å². The molecular formula is C24H29N3O3. The third kappa shape index (κ3) is 4.24. The average Bonchev–Trinajstić information content (AvgIpc) is 3.55. The normalized spacial score (nSPS) is 23.9. The Morgan fingerprint density at radius 3 is 1.87 bits per heavy atom. The second kappa shape index (κ2) is 7.20. The Bertz CT molecular complexity index is 885. The number of rotatable bonds is 6. The second-order valence-corrected chi connectivity index (χ2v) is 9.97. The first-order valence-corrected chi connectivity index (χ1v) is 10.4. The maximum absolute atomic E-state index is 12.2. The quantitative estimate of drug-likeness (QED) is 0.671. The standard InChI is InChI=1S/C24H29N3O3/c1-23(2)11-17(23)21(29)26-16-8-5-14(6-9-16)20(28)15-7-10-19(25-13-15)27-22(30)18-12-24(18,3)4/h5-10,13,17-18,20,28H,11-12H2,1-4H3,(H,26,29)(H,25,27,30). The highest BCUT2D eigenvalue weighted by atomic mass is 16.3. The summed E-state index contributed by atoms with van der Waals surface area (Å²) in [7, 11) is 0. The van der Waals surface area contributed by atoms with Crippen LogP contribution in [0.1, 0.15) is 57.8 Å². The van der Waals surface area contributed by atoms with Crippen LogP contribution in [0.5, 0.6) is 0 Å². The van der Waals surface area contributed by atoms with Gasteiger partial charge in [0.05, 0.1) is 0 Å². The van der Waals surface area contributed by atoms with Crippen molar-refractivity contribution in [3.05, 3.63) is 53.7 Å². The molecule has 2 amide bonds. The Morgan fingerprint density at radius 1 is 0.900 bits per heavy atom. The van der Waals surface area contributed by atoms with Gasteiger partial charge >= 0.3 is 0 Å². The molecule has 1 aromatic heterocycles. The summed E-state index contributed by atoms with van der Waals surface area (Å²) in [6.07, 6.45) is 2.54. The molecule has 2 aliphatic carbocycles. The number of carbonyl (C=O) groups is 2. The van der Waals surface area contributed by atoms with Crippen molar-refractivity contribution in [1.82, 2.24) is 4.98 Å². The molecule has 0 spiro atoms. The van der Waals surface area contributed by atoms with Gasteiger partial charge in [0.15, 0.2) is 0 Å². The lowest BCUT2D eigenvalue weighted by Crippen LogP contribution is -2.17. The van der Waals surface area contributed by atoms with Crippen LogP contribution in [0.2, 0.25) is 0 Å². The minimum atomic E-state index is -0.836. The lowest BCUT2D eigenvalue weighted by Gasteiger charge is -2.13. The number of benzene rings is 1. The Morgan fingerprint density at radius 2 is 1.40 bits per heavy atom. The Balaban J connectivity index is 1.35. The topological polar surface area (TPSA) is 91.3 Å². The van der Waals surface area contributed by atoms with E-state index < -0.39 is 6.10 Å². The van der Waals surface area contributed by atoms with E-state index in [0.29, 0.717) is 16.9 Å². The number of pyridine rings is 1. The van der Waals surface area contributed by atoms with Gasteiger partial charge in [-0.3, -0.25) is 9.59 Å². The van der Waals surface area contributed by atoms with E-state index >= 15 is 0 Å². The molecule has 1 aromatic carbocycles. The van der Waals surface area contributed by atoms with Gasteiger partial charge in [-0.2, -0.15) is 0 Å². The van der Waals surface area contributed by atoms with Gasteiger partial charge in [-0.25, -0.2) is 4.98 Å². The summed E-state index contributed by atoms with van der Waals surface area (Å²) in [6, 6.07) is 10.6. The number of aromatic nitrogens is 1. The van der Waals surface area contributed by atoms with Gasteiger partial charge in [-0.1, -0.05) is 45.9 Å². The van der Waals surface area contributed by atoms with E-state index in [-0.39, 0.29) is 34.5 Å². The summed E-state index contributed by atoms with van der Waals surface area (Å²) in [5.41, 5.74) is 2.22. The molecule has 3 unspecified atom stereocenters. The zero-order chi connectivity index (χ0) is 21.7. The Labute approximate surface area is 177 Å². The van der Waals surface area contributed by atoms with Gasteiger partial charge < -0.3 is 15.7 Å². The van der Waals surface area contributed by atoms with E-state index in [4.69, 9.17) is 0 Å². The molecule has 30 heavy (non-hydrogen) atoms. The summed E-state index contributed by atoms with van der Waals surface area (Å²) in [4.78, 5) is 28.7. The predicted molar refractivity (Wildman–Crippen MR) is 116 cm³/mol. The van der Waals surface area contributed by atoms with Crippen LogP contribution in [-0.4, -0.2) is 21.9 Å². The number of hydrogen-bond donors (Lipinski definition) is 3. The molecule has 6 nitrogen and oxygen atoms in total. The van der Waals surface area contributed by atoms with Crippen LogP contribution in [0.25, 0.3) is 0 Å². The third-order valence-corrected chi connectivity index (χ3v) is 6.51. The largest absolute Gasteiger partial charge is 0.384 e.